The van der Waals surface area contributed by atoms with Crippen molar-refractivity contribution in [2.75, 3.05) is 29.9 Å². The van der Waals surface area contributed by atoms with Gasteiger partial charge in [0, 0.05) is 26.1 Å². The summed E-state index contributed by atoms with van der Waals surface area (Å²) in [5.41, 5.74) is 2.00. The Hall–Kier alpha value is -1.55. The number of para-hydroxylation sites is 2. The second-order valence-corrected chi connectivity index (χ2v) is 5.78. The van der Waals surface area contributed by atoms with Crippen LogP contribution in [-0.2, 0) is 4.79 Å². The fourth-order valence-corrected chi connectivity index (χ4v) is 2.76. The minimum Gasteiger partial charge on any atom is -0.396 e. The number of hydrogen-bond donors (Lipinski definition) is 2. The fourth-order valence-electron chi connectivity index (χ4n) is 2.76. The van der Waals surface area contributed by atoms with E-state index in [1.807, 2.05) is 18.2 Å². The number of benzene rings is 1. The highest BCUT2D eigenvalue weighted by atomic mass is 16.3. The van der Waals surface area contributed by atoms with Gasteiger partial charge in [0.15, 0.2) is 0 Å². The summed E-state index contributed by atoms with van der Waals surface area (Å²) in [6, 6.07) is 8.00. The molecule has 1 aromatic rings. The van der Waals surface area contributed by atoms with E-state index >= 15 is 0 Å². The van der Waals surface area contributed by atoms with E-state index in [9.17, 15) is 9.90 Å². The van der Waals surface area contributed by atoms with E-state index < -0.39 is 0 Å². The fraction of sp³-hybridized carbons (Fsp3) is 0.588. The zero-order chi connectivity index (χ0) is 15.1. The van der Waals surface area contributed by atoms with Crippen molar-refractivity contribution in [1.82, 2.24) is 0 Å². The van der Waals surface area contributed by atoms with Crippen molar-refractivity contribution in [1.29, 1.82) is 0 Å². The molecule has 4 heteroatoms. The molecule has 1 fully saturated rings. The van der Waals surface area contributed by atoms with E-state index in [4.69, 9.17) is 0 Å². The second kappa shape index (κ2) is 8.03. The third kappa shape index (κ3) is 4.46. The molecule has 0 aromatic heterocycles. The number of rotatable bonds is 6. The molecular formula is C17H26N2O2. The number of amides is 1. The standard InChI is InChI=1S/C17H26N2O2/c1-2-3-8-17(21)18-15-6-4-5-7-16(15)19-11-9-14(13-20)10-12-19/h4-7,14,20H,2-3,8-13H2,1H3,(H,18,21). The Morgan fingerprint density at radius 2 is 2.05 bits per heavy atom. The van der Waals surface area contributed by atoms with Gasteiger partial charge in [-0.05, 0) is 37.3 Å². The first-order valence-corrected chi connectivity index (χ1v) is 7.99. The Labute approximate surface area is 127 Å². The van der Waals surface area contributed by atoms with E-state index in [1.54, 1.807) is 0 Å². The molecule has 0 atom stereocenters. The molecule has 2 N–H and O–H groups in total. The molecule has 1 heterocycles. The maximum Gasteiger partial charge on any atom is 0.224 e. The van der Waals surface area contributed by atoms with Gasteiger partial charge in [-0.25, -0.2) is 0 Å². The molecule has 4 nitrogen and oxygen atoms in total. The average molecular weight is 290 g/mol. The van der Waals surface area contributed by atoms with Crippen molar-refractivity contribution in [2.45, 2.75) is 39.0 Å². The van der Waals surface area contributed by atoms with Crippen molar-refractivity contribution < 1.29 is 9.90 Å². The van der Waals surface area contributed by atoms with Crippen LogP contribution in [-0.4, -0.2) is 30.7 Å². The predicted molar refractivity (Wildman–Crippen MR) is 86.6 cm³/mol. The normalized spacial score (nSPS) is 16.0. The van der Waals surface area contributed by atoms with Gasteiger partial charge >= 0.3 is 0 Å². The Kier molecular flexibility index (Phi) is 6.05. The Morgan fingerprint density at radius 1 is 1.33 bits per heavy atom. The Bertz CT molecular complexity index is 454. The van der Waals surface area contributed by atoms with Gasteiger partial charge in [-0.2, -0.15) is 0 Å². The summed E-state index contributed by atoms with van der Waals surface area (Å²) in [4.78, 5) is 14.2. The minimum absolute atomic E-state index is 0.0922. The molecule has 0 aliphatic carbocycles. The number of piperidine rings is 1. The van der Waals surface area contributed by atoms with E-state index in [1.165, 1.54) is 0 Å². The largest absolute Gasteiger partial charge is 0.396 e. The van der Waals surface area contributed by atoms with Crippen molar-refractivity contribution in [3.05, 3.63) is 24.3 Å². The van der Waals surface area contributed by atoms with Gasteiger partial charge in [0.05, 0.1) is 11.4 Å². The topological polar surface area (TPSA) is 52.6 Å². The summed E-state index contributed by atoms with van der Waals surface area (Å²) in [6.07, 6.45) is 4.56. The van der Waals surface area contributed by atoms with Gasteiger partial charge < -0.3 is 15.3 Å². The summed E-state index contributed by atoms with van der Waals surface area (Å²) in [7, 11) is 0. The summed E-state index contributed by atoms with van der Waals surface area (Å²) >= 11 is 0. The lowest BCUT2D eigenvalue weighted by Crippen LogP contribution is -2.35. The van der Waals surface area contributed by atoms with E-state index in [2.05, 4.69) is 23.2 Å². The van der Waals surface area contributed by atoms with Crippen LogP contribution in [0.5, 0.6) is 0 Å². The number of aliphatic hydroxyl groups excluding tert-OH is 1. The second-order valence-electron chi connectivity index (χ2n) is 5.78. The van der Waals surface area contributed by atoms with Crippen LogP contribution in [0.15, 0.2) is 24.3 Å². The smallest absolute Gasteiger partial charge is 0.224 e. The third-order valence-corrected chi connectivity index (χ3v) is 4.15. The quantitative estimate of drug-likeness (QED) is 0.846. The molecule has 1 aliphatic rings. The molecular weight excluding hydrogens is 264 g/mol. The van der Waals surface area contributed by atoms with Crippen molar-refractivity contribution in [2.24, 2.45) is 5.92 Å². The molecule has 0 spiro atoms. The van der Waals surface area contributed by atoms with Gasteiger partial charge in [0.2, 0.25) is 5.91 Å². The van der Waals surface area contributed by atoms with Gasteiger partial charge in [-0.15, -0.1) is 0 Å². The molecule has 1 saturated heterocycles. The monoisotopic (exact) mass is 290 g/mol. The number of nitrogens with one attached hydrogen (secondary N) is 1. The molecule has 21 heavy (non-hydrogen) atoms. The van der Waals surface area contributed by atoms with Crippen LogP contribution in [0.3, 0.4) is 0 Å². The average Bonchev–Trinajstić information content (AvgIpc) is 2.53. The van der Waals surface area contributed by atoms with Gasteiger partial charge in [0.1, 0.15) is 0 Å². The van der Waals surface area contributed by atoms with Gasteiger partial charge in [-0.3, -0.25) is 4.79 Å². The molecule has 0 radical (unpaired) electrons. The van der Waals surface area contributed by atoms with Crippen LogP contribution >= 0.6 is 0 Å². The minimum atomic E-state index is 0.0922. The van der Waals surface area contributed by atoms with Crippen LogP contribution in [0.1, 0.15) is 39.0 Å². The van der Waals surface area contributed by atoms with Crippen molar-refractivity contribution in [3.63, 3.8) is 0 Å². The van der Waals surface area contributed by atoms with Crippen LogP contribution in [0.4, 0.5) is 11.4 Å². The highest BCUT2D eigenvalue weighted by Gasteiger charge is 2.20. The lowest BCUT2D eigenvalue weighted by atomic mass is 9.97. The molecule has 1 amide bonds. The van der Waals surface area contributed by atoms with Crippen molar-refractivity contribution >= 4 is 17.3 Å². The molecule has 1 aromatic carbocycles. The number of unbranched alkanes of at least 4 members (excludes halogenated alkanes) is 1. The number of aliphatic hydroxyl groups is 1. The van der Waals surface area contributed by atoms with Crippen molar-refractivity contribution in [3.8, 4) is 0 Å². The summed E-state index contributed by atoms with van der Waals surface area (Å²) in [5, 5.41) is 12.3. The number of nitrogens with zero attached hydrogens (tertiary/aromatic N) is 1. The Morgan fingerprint density at radius 3 is 2.71 bits per heavy atom. The van der Waals surface area contributed by atoms with Crippen LogP contribution in [0, 0.1) is 5.92 Å². The first-order chi connectivity index (χ1) is 10.2. The molecule has 0 unspecified atom stereocenters. The number of carbonyl (C=O) groups excluding carboxylic acids is 1. The van der Waals surface area contributed by atoms with Crippen LogP contribution in [0.25, 0.3) is 0 Å². The maximum absolute atomic E-state index is 11.9. The third-order valence-electron chi connectivity index (χ3n) is 4.15. The first-order valence-electron chi connectivity index (χ1n) is 7.99. The van der Waals surface area contributed by atoms with Gasteiger partial charge in [-0.1, -0.05) is 25.5 Å². The molecule has 116 valence electrons. The van der Waals surface area contributed by atoms with Crippen LogP contribution < -0.4 is 10.2 Å². The van der Waals surface area contributed by atoms with Crippen LogP contribution in [0.2, 0.25) is 0 Å². The molecule has 0 bridgehead atoms. The summed E-state index contributed by atoms with van der Waals surface area (Å²) in [5.74, 6) is 0.516. The summed E-state index contributed by atoms with van der Waals surface area (Å²) in [6.45, 7) is 4.25. The predicted octanol–water partition coefficient (Wildman–Crippen LogP) is 3.02. The lowest BCUT2D eigenvalue weighted by Gasteiger charge is -2.34. The highest BCUT2D eigenvalue weighted by Crippen LogP contribution is 2.29. The first kappa shape index (κ1) is 15.8. The zero-order valence-corrected chi connectivity index (χ0v) is 12.8. The molecule has 0 saturated carbocycles. The molecule has 2 rings (SSSR count). The number of hydrogen-bond acceptors (Lipinski definition) is 3. The maximum atomic E-state index is 11.9. The zero-order valence-electron chi connectivity index (χ0n) is 12.8. The van der Waals surface area contributed by atoms with E-state index in [-0.39, 0.29) is 12.5 Å². The summed E-state index contributed by atoms with van der Waals surface area (Å²) < 4.78 is 0. The van der Waals surface area contributed by atoms with E-state index in [0.29, 0.717) is 12.3 Å². The highest BCUT2D eigenvalue weighted by molar-refractivity contribution is 5.94. The molecule has 1 aliphatic heterocycles. The number of anilines is 2. The SMILES string of the molecule is CCCCC(=O)Nc1ccccc1N1CCC(CO)CC1. The van der Waals surface area contributed by atoms with E-state index in [0.717, 1.165) is 50.1 Å². The Balaban J connectivity index is 2.01. The lowest BCUT2D eigenvalue weighted by molar-refractivity contribution is -0.116. The number of carbonyl (C=O) groups is 1. The van der Waals surface area contributed by atoms with Gasteiger partial charge in [0.25, 0.3) is 0 Å².